The number of nitrogens with zero attached hydrogens (tertiary/aromatic N) is 2. The van der Waals surface area contributed by atoms with Crippen LogP contribution in [0.2, 0.25) is 0 Å². The molecule has 0 saturated heterocycles. The SMILES string of the molecule is C=CCNC(=S)N/N=C\c1cc(C)n(-c2ccccc2)c1C. The minimum atomic E-state index is 0.480. The van der Waals surface area contributed by atoms with Crippen LogP contribution >= 0.6 is 12.2 Å². The molecule has 2 N–H and O–H groups in total. The highest BCUT2D eigenvalue weighted by Crippen LogP contribution is 2.19. The van der Waals surface area contributed by atoms with E-state index in [1.807, 2.05) is 18.2 Å². The van der Waals surface area contributed by atoms with Crippen LogP contribution in [0, 0.1) is 13.8 Å². The van der Waals surface area contributed by atoms with Gasteiger partial charge in [0.15, 0.2) is 5.11 Å². The number of hydrogen-bond donors (Lipinski definition) is 2. The van der Waals surface area contributed by atoms with Crippen LogP contribution in [0.15, 0.2) is 54.2 Å². The van der Waals surface area contributed by atoms with Crippen LogP contribution in [0.25, 0.3) is 5.69 Å². The molecule has 0 amide bonds. The van der Waals surface area contributed by atoms with E-state index < -0.39 is 0 Å². The predicted molar refractivity (Wildman–Crippen MR) is 96.8 cm³/mol. The summed E-state index contributed by atoms with van der Waals surface area (Å²) in [6, 6.07) is 12.4. The Bertz CT molecular complexity index is 686. The first kappa shape index (κ1) is 16.0. The Balaban J connectivity index is 2.14. The highest BCUT2D eigenvalue weighted by Gasteiger charge is 2.08. The van der Waals surface area contributed by atoms with Gasteiger partial charge in [-0.25, -0.2) is 0 Å². The molecule has 0 atom stereocenters. The third-order valence-corrected chi connectivity index (χ3v) is 3.50. The van der Waals surface area contributed by atoms with Gasteiger partial charge in [-0.3, -0.25) is 5.43 Å². The third kappa shape index (κ3) is 3.83. The number of nitrogens with one attached hydrogen (secondary N) is 2. The summed E-state index contributed by atoms with van der Waals surface area (Å²) in [4.78, 5) is 0. The molecule has 1 aromatic heterocycles. The van der Waals surface area contributed by atoms with Crippen molar-refractivity contribution >= 4 is 23.5 Å². The molecule has 2 rings (SSSR count). The van der Waals surface area contributed by atoms with Crippen molar-refractivity contribution in [2.45, 2.75) is 13.8 Å². The van der Waals surface area contributed by atoms with Crippen LogP contribution in [-0.4, -0.2) is 22.4 Å². The molecule has 114 valence electrons. The van der Waals surface area contributed by atoms with Crippen LogP contribution in [0.1, 0.15) is 17.0 Å². The van der Waals surface area contributed by atoms with Crippen molar-refractivity contribution in [3.8, 4) is 5.69 Å². The molecule has 4 nitrogen and oxygen atoms in total. The van der Waals surface area contributed by atoms with E-state index in [9.17, 15) is 0 Å². The lowest BCUT2D eigenvalue weighted by Gasteiger charge is -2.09. The van der Waals surface area contributed by atoms with Gasteiger partial charge in [0.05, 0.1) is 6.21 Å². The van der Waals surface area contributed by atoms with Crippen LogP contribution in [0.3, 0.4) is 0 Å². The molecule has 22 heavy (non-hydrogen) atoms. The smallest absolute Gasteiger partial charge is 0.187 e. The Hall–Kier alpha value is -2.40. The molecule has 0 spiro atoms. The van der Waals surface area contributed by atoms with Crippen LogP contribution in [0.5, 0.6) is 0 Å². The Kier molecular flexibility index (Phi) is 5.49. The van der Waals surface area contributed by atoms with Crippen molar-refractivity contribution in [1.82, 2.24) is 15.3 Å². The standard InChI is InChI=1S/C17H20N4S/c1-4-10-18-17(22)20-19-12-15-11-13(2)21(14(15)3)16-8-6-5-7-9-16/h4-9,11-12H,1,10H2,2-3H3,(H2,18,20,22)/b19-12-. The monoisotopic (exact) mass is 312 g/mol. The lowest BCUT2D eigenvalue weighted by Crippen LogP contribution is -2.31. The van der Waals surface area contributed by atoms with E-state index in [4.69, 9.17) is 12.2 Å². The van der Waals surface area contributed by atoms with Crippen molar-refractivity contribution in [3.63, 3.8) is 0 Å². The summed E-state index contributed by atoms with van der Waals surface area (Å²) < 4.78 is 2.20. The summed E-state index contributed by atoms with van der Waals surface area (Å²) in [5.74, 6) is 0. The van der Waals surface area contributed by atoms with E-state index in [0.717, 1.165) is 22.6 Å². The molecule has 0 bridgehead atoms. The lowest BCUT2D eigenvalue weighted by atomic mass is 10.2. The van der Waals surface area contributed by atoms with Crippen LogP contribution in [0.4, 0.5) is 0 Å². The van der Waals surface area contributed by atoms with E-state index >= 15 is 0 Å². The van der Waals surface area contributed by atoms with Crippen LogP contribution < -0.4 is 10.7 Å². The molecule has 0 aliphatic heterocycles. The van der Waals surface area contributed by atoms with Crippen LogP contribution in [-0.2, 0) is 0 Å². The summed E-state index contributed by atoms with van der Waals surface area (Å²) in [6.07, 6.45) is 3.52. The topological polar surface area (TPSA) is 41.4 Å². The van der Waals surface area contributed by atoms with E-state index in [1.165, 1.54) is 0 Å². The molecule has 0 aliphatic rings. The number of benzene rings is 1. The van der Waals surface area contributed by atoms with Gasteiger partial charge in [-0.1, -0.05) is 24.3 Å². The van der Waals surface area contributed by atoms with Crippen molar-refractivity contribution in [3.05, 3.63) is 66.0 Å². The van der Waals surface area contributed by atoms with E-state index in [2.05, 4.69) is 59.0 Å². The fourth-order valence-corrected chi connectivity index (χ4v) is 2.39. The summed E-state index contributed by atoms with van der Waals surface area (Å²) in [5, 5.41) is 7.62. The van der Waals surface area contributed by atoms with Crippen molar-refractivity contribution in [2.24, 2.45) is 5.10 Å². The molecule has 0 aliphatic carbocycles. The first-order chi connectivity index (χ1) is 10.6. The molecular formula is C17H20N4S. The molecule has 1 aromatic carbocycles. The lowest BCUT2D eigenvalue weighted by molar-refractivity contribution is 0.940. The molecule has 0 saturated carbocycles. The Morgan fingerprint density at radius 1 is 1.32 bits per heavy atom. The number of aromatic nitrogens is 1. The summed E-state index contributed by atoms with van der Waals surface area (Å²) in [5.41, 5.74) is 7.30. The van der Waals surface area contributed by atoms with E-state index in [1.54, 1.807) is 12.3 Å². The van der Waals surface area contributed by atoms with Gasteiger partial charge in [0.2, 0.25) is 0 Å². The highest BCUT2D eigenvalue weighted by atomic mass is 32.1. The molecule has 5 heteroatoms. The molecule has 0 unspecified atom stereocenters. The van der Waals surface area contributed by atoms with Gasteiger partial charge in [0.25, 0.3) is 0 Å². The number of aryl methyl sites for hydroxylation is 1. The summed E-state index contributed by atoms with van der Waals surface area (Å²) >= 11 is 5.09. The first-order valence-corrected chi connectivity index (χ1v) is 7.46. The second-order valence-corrected chi connectivity index (χ2v) is 5.27. The van der Waals surface area contributed by atoms with Gasteiger partial charge in [-0.05, 0) is 44.3 Å². The van der Waals surface area contributed by atoms with E-state index in [0.29, 0.717) is 11.7 Å². The van der Waals surface area contributed by atoms with Gasteiger partial charge in [-0.15, -0.1) is 6.58 Å². The van der Waals surface area contributed by atoms with Gasteiger partial charge in [-0.2, -0.15) is 5.10 Å². The third-order valence-electron chi connectivity index (χ3n) is 3.26. The maximum atomic E-state index is 5.09. The van der Waals surface area contributed by atoms with E-state index in [-0.39, 0.29) is 0 Å². The fraction of sp³-hybridized carbons (Fsp3) is 0.176. The van der Waals surface area contributed by atoms with Gasteiger partial charge >= 0.3 is 0 Å². The largest absolute Gasteiger partial charge is 0.358 e. The summed E-state index contributed by atoms with van der Waals surface area (Å²) in [7, 11) is 0. The average Bonchev–Trinajstić information content (AvgIpc) is 2.80. The Labute approximate surface area is 136 Å². The quantitative estimate of drug-likeness (QED) is 0.386. The number of para-hydroxylation sites is 1. The first-order valence-electron chi connectivity index (χ1n) is 7.05. The Morgan fingerprint density at radius 3 is 2.73 bits per heavy atom. The highest BCUT2D eigenvalue weighted by molar-refractivity contribution is 7.80. The van der Waals surface area contributed by atoms with Gasteiger partial charge in [0, 0.05) is 29.2 Å². The second kappa shape index (κ2) is 7.56. The van der Waals surface area contributed by atoms with Gasteiger partial charge < -0.3 is 9.88 Å². The minimum absolute atomic E-state index is 0.480. The Morgan fingerprint density at radius 2 is 2.05 bits per heavy atom. The predicted octanol–water partition coefficient (Wildman–Crippen LogP) is 3.08. The number of thiocarbonyl (C=S) groups is 1. The molecular weight excluding hydrogens is 292 g/mol. The fourth-order valence-electron chi connectivity index (χ4n) is 2.26. The normalized spacial score (nSPS) is 10.6. The zero-order valence-electron chi connectivity index (χ0n) is 12.8. The van der Waals surface area contributed by atoms with Crippen molar-refractivity contribution in [1.29, 1.82) is 0 Å². The maximum Gasteiger partial charge on any atom is 0.187 e. The number of hydrazone groups is 1. The molecule has 1 heterocycles. The minimum Gasteiger partial charge on any atom is -0.358 e. The molecule has 0 radical (unpaired) electrons. The molecule has 0 fully saturated rings. The summed E-state index contributed by atoms with van der Waals surface area (Å²) in [6.45, 7) is 8.40. The van der Waals surface area contributed by atoms with Crippen molar-refractivity contribution < 1.29 is 0 Å². The zero-order valence-corrected chi connectivity index (χ0v) is 13.7. The average molecular weight is 312 g/mol. The number of rotatable bonds is 5. The maximum absolute atomic E-state index is 5.09. The molecule has 2 aromatic rings. The number of hydrogen-bond acceptors (Lipinski definition) is 2. The van der Waals surface area contributed by atoms with Crippen molar-refractivity contribution in [2.75, 3.05) is 6.54 Å². The second-order valence-electron chi connectivity index (χ2n) is 4.87. The van der Waals surface area contributed by atoms with Gasteiger partial charge in [0.1, 0.15) is 0 Å². The zero-order chi connectivity index (χ0) is 15.9.